The van der Waals surface area contributed by atoms with E-state index in [1.165, 1.54) is 6.07 Å². The molecule has 1 aliphatic heterocycles. The van der Waals surface area contributed by atoms with Gasteiger partial charge in [-0.25, -0.2) is 0 Å². The number of likely N-dealkylation sites (tertiary alicyclic amines) is 1. The van der Waals surface area contributed by atoms with Crippen LogP contribution in [0, 0.1) is 17.0 Å². The smallest absolute Gasteiger partial charge is 0.271 e. The third-order valence-corrected chi connectivity index (χ3v) is 4.54. The monoisotopic (exact) mass is 341 g/mol. The Morgan fingerprint density at radius 2 is 2.13 bits per heavy atom. The third-order valence-electron chi connectivity index (χ3n) is 4.24. The summed E-state index contributed by atoms with van der Waals surface area (Å²) < 4.78 is 5.08. The van der Waals surface area contributed by atoms with E-state index in [4.69, 9.17) is 16.3 Å². The molecule has 0 aromatic heterocycles. The van der Waals surface area contributed by atoms with E-state index in [0.717, 1.165) is 56.8 Å². The number of benzene rings is 1. The lowest BCUT2D eigenvalue weighted by Gasteiger charge is -2.33. The Bertz CT molecular complexity index is 522. The second kappa shape index (κ2) is 8.47. The van der Waals surface area contributed by atoms with Crippen molar-refractivity contribution in [2.24, 2.45) is 0 Å². The average molecular weight is 342 g/mol. The molecule has 1 fully saturated rings. The second-order valence-corrected chi connectivity index (χ2v) is 6.39. The van der Waals surface area contributed by atoms with Gasteiger partial charge in [-0.3, -0.25) is 10.1 Å². The lowest BCUT2D eigenvalue weighted by atomic mass is 10.0. The molecule has 0 saturated carbocycles. The van der Waals surface area contributed by atoms with Gasteiger partial charge in [-0.05, 0) is 31.7 Å². The van der Waals surface area contributed by atoms with Gasteiger partial charge in [0.15, 0.2) is 0 Å². The number of piperidine rings is 1. The fourth-order valence-corrected chi connectivity index (χ4v) is 3.27. The molecule has 0 bridgehead atoms. The highest BCUT2D eigenvalue weighted by atomic mass is 35.5. The van der Waals surface area contributed by atoms with Crippen molar-refractivity contribution in [2.75, 3.05) is 38.7 Å². The first-order chi connectivity index (χ1) is 11.0. The normalized spacial score (nSPS) is 16.5. The van der Waals surface area contributed by atoms with Crippen LogP contribution in [0.4, 0.5) is 11.4 Å². The van der Waals surface area contributed by atoms with Gasteiger partial charge in [-0.2, -0.15) is 0 Å². The summed E-state index contributed by atoms with van der Waals surface area (Å²) in [6.45, 7) is 5.81. The van der Waals surface area contributed by atoms with Gasteiger partial charge < -0.3 is 15.0 Å². The van der Waals surface area contributed by atoms with E-state index in [9.17, 15) is 10.1 Å². The van der Waals surface area contributed by atoms with Gasteiger partial charge in [-0.15, -0.1) is 0 Å². The molecule has 1 N–H and O–H groups in total. The van der Waals surface area contributed by atoms with Crippen molar-refractivity contribution in [1.29, 1.82) is 0 Å². The van der Waals surface area contributed by atoms with Gasteiger partial charge in [0, 0.05) is 51.5 Å². The predicted octanol–water partition coefficient (Wildman–Crippen LogP) is 3.47. The van der Waals surface area contributed by atoms with Gasteiger partial charge in [0.05, 0.1) is 15.6 Å². The first kappa shape index (κ1) is 18.0. The highest BCUT2D eigenvalue weighted by Crippen LogP contribution is 2.32. The zero-order valence-electron chi connectivity index (χ0n) is 13.7. The van der Waals surface area contributed by atoms with Gasteiger partial charge >= 0.3 is 0 Å². The minimum absolute atomic E-state index is 0.0333. The van der Waals surface area contributed by atoms with Crippen molar-refractivity contribution >= 4 is 23.0 Å². The van der Waals surface area contributed by atoms with E-state index < -0.39 is 4.92 Å². The molecule has 0 aliphatic carbocycles. The minimum Gasteiger partial charge on any atom is -0.385 e. The first-order valence-corrected chi connectivity index (χ1v) is 8.31. The van der Waals surface area contributed by atoms with E-state index in [0.29, 0.717) is 11.1 Å². The molecule has 7 heteroatoms. The highest BCUT2D eigenvalue weighted by Gasteiger charge is 2.21. The number of non-ortho nitro benzene ring substituents is 1. The van der Waals surface area contributed by atoms with Gasteiger partial charge in [-0.1, -0.05) is 11.6 Å². The summed E-state index contributed by atoms with van der Waals surface area (Å²) in [5.41, 5.74) is 1.66. The zero-order chi connectivity index (χ0) is 16.8. The van der Waals surface area contributed by atoms with Crippen LogP contribution in [0.3, 0.4) is 0 Å². The average Bonchev–Trinajstić information content (AvgIpc) is 2.52. The van der Waals surface area contributed by atoms with Crippen LogP contribution in [-0.4, -0.2) is 49.2 Å². The number of hydrogen-bond acceptors (Lipinski definition) is 5. The number of methoxy groups -OCH3 is 1. The Morgan fingerprint density at radius 3 is 2.70 bits per heavy atom. The maximum atomic E-state index is 10.9. The third kappa shape index (κ3) is 5.06. The van der Waals surface area contributed by atoms with E-state index in [1.807, 2.05) is 6.92 Å². The maximum Gasteiger partial charge on any atom is 0.271 e. The SMILES string of the molecule is COCCCN1CCC(Nc2c(C)cc([N+](=O)[O-])cc2Cl)CC1. The molecule has 1 heterocycles. The lowest BCUT2D eigenvalue weighted by Crippen LogP contribution is -2.39. The summed E-state index contributed by atoms with van der Waals surface area (Å²) in [5.74, 6) is 0. The molecule has 23 heavy (non-hydrogen) atoms. The van der Waals surface area contributed by atoms with Crippen LogP contribution in [0.2, 0.25) is 5.02 Å². The van der Waals surface area contributed by atoms with Crippen LogP contribution in [-0.2, 0) is 4.74 Å². The van der Waals surface area contributed by atoms with Gasteiger partial charge in [0.1, 0.15) is 0 Å². The van der Waals surface area contributed by atoms with Gasteiger partial charge in [0.2, 0.25) is 0 Å². The lowest BCUT2D eigenvalue weighted by molar-refractivity contribution is -0.384. The molecule has 1 aromatic carbocycles. The summed E-state index contributed by atoms with van der Waals surface area (Å²) in [5, 5.41) is 14.7. The zero-order valence-corrected chi connectivity index (χ0v) is 14.4. The van der Waals surface area contributed by atoms with Crippen molar-refractivity contribution in [3.05, 3.63) is 32.8 Å². The maximum absolute atomic E-state index is 10.9. The number of anilines is 1. The number of hydrogen-bond donors (Lipinski definition) is 1. The molecule has 2 rings (SSSR count). The number of ether oxygens (including phenoxy) is 1. The Morgan fingerprint density at radius 1 is 1.43 bits per heavy atom. The molecule has 0 spiro atoms. The van der Waals surface area contributed by atoms with Crippen LogP contribution >= 0.6 is 11.6 Å². The molecule has 128 valence electrons. The summed E-state index contributed by atoms with van der Waals surface area (Å²) in [6, 6.07) is 3.33. The quantitative estimate of drug-likeness (QED) is 0.467. The van der Waals surface area contributed by atoms with Gasteiger partial charge in [0.25, 0.3) is 5.69 Å². The van der Waals surface area contributed by atoms with E-state index in [2.05, 4.69) is 10.2 Å². The van der Waals surface area contributed by atoms with E-state index in [1.54, 1.807) is 13.2 Å². The molecule has 0 radical (unpaired) electrons. The fourth-order valence-electron chi connectivity index (χ4n) is 2.95. The number of aryl methyl sites for hydroxylation is 1. The van der Waals surface area contributed by atoms with Crippen molar-refractivity contribution in [2.45, 2.75) is 32.2 Å². The number of nitrogens with one attached hydrogen (secondary N) is 1. The summed E-state index contributed by atoms with van der Waals surface area (Å²) >= 11 is 6.22. The number of nitro benzene ring substituents is 1. The minimum atomic E-state index is -0.416. The summed E-state index contributed by atoms with van der Waals surface area (Å²) in [4.78, 5) is 12.9. The molecular weight excluding hydrogens is 318 g/mol. The van der Waals surface area contributed by atoms with Crippen molar-refractivity contribution in [3.8, 4) is 0 Å². The van der Waals surface area contributed by atoms with Crippen LogP contribution in [0.15, 0.2) is 12.1 Å². The number of halogens is 1. The summed E-state index contributed by atoms with van der Waals surface area (Å²) in [7, 11) is 1.73. The molecule has 0 atom stereocenters. The molecule has 1 aromatic rings. The second-order valence-electron chi connectivity index (χ2n) is 5.98. The Hall–Kier alpha value is -1.37. The van der Waals surface area contributed by atoms with Crippen LogP contribution in [0.25, 0.3) is 0 Å². The predicted molar refractivity (Wildman–Crippen MR) is 92.4 cm³/mol. The first-order valence-electron chi connectivity index (χ1n) is 7.93. The van der Waals surface area contributed by atoms with Crippen LogP contribution < -0.4 is 5.32 Å². The topological polar surface area (TPSA) is 67.6 Å². The number of nitrogens with zero attached hydrogens (tertiary/aromatic N) is 2. The van der Waals surface area contributed by atoms with Crippen molar-refractivity contribution < 1.29 is 9.66 Å². The number of nitro groups is 1. The Balaban J connectivity index is 1.90. The molecule has 6 nitrogen and oxygen atoms in total. The molecular formula is C16H24ClN3O3. The van der Waals surface area contributed by atoms with Crippen LogP contribution in [0.5, 0.6) is 0 Å². The number of rotatable bonds is 7. The summed E-state index contributed by atoms with van der Waals surface area (Å²) in [6.07, 6.45) is 3.14. The molecule has 1 saturated heterocycles. The Labute approximate surface area is 141 Å². The molecule has 1 aliphatic rings. The highest BCUT2D eigenvalue weighted by molar-refractivity contribution is 6.33. The van der Waals surface area contributed by atoms with Crippen LogP contribution in [0.1, 0.15) is 24.8 Å². The van der Waals surface area contributed by atoms with Crippen molar-refractivity contribution in [3.63, 3.8) is 0 Å². The van der Waals surface area contributed by atoms with Crippen molar-refractivity contribution in [1.82, 2.24) is 4.90 Å². The largest absolute Gasteiger partial charge is 0.385 e. The van der Waals surface area contributed by atoms with E-state index >= 15 is 0 Å². The fraction of sp³-hybridized carbons (Fsp3) is 0.625. The molecule has 0 amide bonds. The van der Waals surface area contributed by atoms with E-state index in [-0.39, 0.29) is 5.69 Å². The molecule has 0 unspecified atom stereocenters. The standard InChI is InChI=1S/C16H24ClN3O3/c1-12-10-14(20(21)22)11-15(17)16(12)18-13-4-7-19(8-5-13)6-3-9-23-2/h10-11,13,18H,3-9H2,1-2H3. The Kier molecular flexibility index (Phi) is 6.62.